The molecular formula is C15H24FNO2. The molecule has 19 heavy (non-hydrogen) atoms. The Morgan fingerprint density at radius 1 is 1.32 bits per heavy atom. The van der Waals surface area contributed by atoms with Crippen LogP contribution in [0.5, 0.6) is 5.75 Å². The number of aliphatic hydroxyl groups is 1. The van der Waals surface area contributed by atoms with Crippen LogP contribution >= 0.6 is 0 Å². The maximum atomic E-state index is 12.9. The Hall–Kier alpha value is -1.13. The Labute approximate surface area is 114 Å². The highest BCUT2D eigenvalue weighted by Gasteiger charge is 2.26. The minimum atomic E-state index is -0.444. The summed E-state index contributed by atoms with van der Waals surface area (Å²) in [5.41, 5.74) is 0.532. The first kappa shape index (κ1) is 15.9. The van der Waals surface area contributed by atoms with Gasteiger partial charge in [-0.3, -0.25) is 0 Å². The van der Waals surface area contributed by atoms with E-state index in [0.29, 0.717) is 12.1 Å². The maximum Gasteiger partial charge on any atom is 0.126 e. The number of benzene rings is 1. The summed E-state index contributed by atoms with van der Waals surface area (Å²) in [7, 11) is 0. The lowest BCUT2D eigenvalue weighted by atomic mass is 9.83. The number of rotatable bonds is 7. The molecular weight excluding hydrogens is 245 g/mol. The minimum Gasteiger partial charge on any atom is -0.508 e. The predicted molar refractivity (Wildman–Crippen MR) is 74.6 cm³/mol. The number of hydrogen-bond acceptors (Lipinski definition) is 3. The molecule has 0 radical (unpaired) electrons. The Balaban J connectivity index is 2.72. The van der Waals surface area contributed by atoms with Crippen LogP contribution in [0.4, 0.5) is 4.39 Å². The molecule has 3 nitrogen and oxygen atoms in total. The summed E-state index contributed by atoms with van der Waals surface area (Å²) in [6.45, 7) is 6.83. The second kappa shape index (κ2) is 6.87. The van der Waals surface area contributed by atoms with Gasteiger partial charge in [0.15, 0.2) is 0 Å². The lowest BCUT2D eigenvalue weighted by molar-refractivity contribution is 0.110. The summed E-state index contributed by atoms with van der Waals surface area (Å²) < 4.78 is 12.9. The van der Waals surface area contributed by atoms with Crippen LogP contribution in [0.1, 0.15) is 45.2 Å². The van der Waals surface area contributed by atoms with E-state index >= 15 is 0 Å². The number of nitrogens with one attached hydrogen (secondary N) is 1. The monoisotopic (exact) mass is 269 g/mol. The van der Waals surface area contributed by atoms with E-state index in [1.165, 1.54) is 6.07 Å². The minimum absolute atomic E-state index is 0.0393. The smallest absolute Gasteiger partial charge is 0.126 e. The largest absolute Gasteiger partial charge is 0.508 e. The topological polar surface area (TPSA) is 52.5 Å². The highest BCUT2D eigenvalue weighted by molar-refractivity contribution is 5.34. The Morgan fingerprint density at radius 2 is 1.95 bits per heavy atom. The predicted octanol–water partition coefficient (Wildman–Crippen LogP) is 2.98. The Morgan fingerprint density at radius 3 is 2.42 bits per heavy atom. The molecule has 0 saturated carbocycles. The summed E-state index contributed by atoms with van der Waals surface area (Å²) in [5.74, 6) is -0.483. The van der Waals surface area contributed by atoms with Crippen LogP contribution in [0, 0.1) is 11.2 Å². The van der Waals surface area contributed by atoms with Crippen molar-refractivity contribution in [3.63, 3.8) is 0 Å². The molecule has 1 unspecified atom stereocenters. The van der Waals surface area contributed by atoms with Gasteiger partial charge in [0, 0.05) is 36.2 Å². The van der Waals surface area contributed by atoms with E-state index < -0.39 is 5.82 Å². The Bertz CT molecular complexity index is 397. The fourth-order valence-corrected chi connectivity index (χ4v) is 2.14. The van der Waals surface area contributed by atoms with Crippen LogP contribution in [0.3, 0.4) is 0 Å². The fraction of sp³-hybridized carbons (Fsp3) is 0.600. The highest BCUT2D eigenvalue weighted by atomic mass is 19.1. The molecule has 0 bridgehead atoms. The highest BCUT2D eigenvalue weighted by Crippen LogP contribution is 2.28. The molecule has 0 aromatic heterocycles. The van der Waals surface area contributed by atoms with E-state index in [9.17, 15) is 14.6 Å². The third-order valence-corrected chi connectivity index (χ3v) is 4.08. The number of phenolic OH excluding ortho intramolecular Hbond substituents is 1. The van der Waals surface area contributed by atoms with Crippen LogP contribution in [0.25, 0.3) is 0 Å². The molecule has 108 valence electrons. The van der Waals surface area contributed by atoms with Gasteiger partial charge in [-0.1, -0.05) is 19.9 Å². The molecule has 1 rings (SSSR count). The quantitative estimate of drug-likeness (QED) is 0.713. The van der Waals surface area contributed by atoms with Gasteiger partial charge in [-0.25, -0.2) is 4.39 Å². The summed E-state index contributed by atoms with van der Waals surface area (Å²) in [5, 5.41) is 22.6. The number of phenols is 1. The van der Waals surface area contributed by atoms with Gasteiger partial charge in [0.1, 0.15) is 11.6 Å². The van der Waals surface area contributed by atoms with Crippen molar-refractivity contribution >= 4 is 0 Å². The SMILES string of the molecule is CCC(CC)(CO)CNC(C)c1ccc(F)cc1O. The van der Waals surface area contributed by atoms with Crippen LogP contribution in [0.15, 0.2) is 18.2 Å². The zero-order valence-electron chi connectivity index (χ0n) is 11.9. The summed E-state index contributed by atoms with van der Waals surface area (Å²) in [6, 6.07) is 3.95. The molecule has 0 aliphatic carbocycles. The number of hydrogen-bond donors (Lipinski definition) is 3. The molecule has 0 aliphatic rings. The summed E-state index contributed by atoms with van der Waals surface area (Å²) in [4.78, 5) is 0. The zero-order valence-corrected chi connectivity index (χ0v) is 11.9. The van der Waals surface area contributed by atoms with E-state index in [2.05, 4.69) is 19.2 Å². The first-order valence-corrected chi connectivity index (χ1v) is 6.80. The molecule has 3 N–H and O–H groups in total. The molecule has 1 aromatic rings. The lowest BCUT2D eigenvalue weighted by Crippen LogP contribution is -2.37. The molecule has 0 amide bonds. The third kappa shape index (κ3) is 3.91. The molecule has 0 heterocycles. The van der Waals surface area contributed by atoms with E-state index in [-0.39, 0.29) is 23.8 Å². The average Bonchev–Trinajstić information content (AvgIpc) is 2.40. The van der Waals surface area contributed by atoms with Crippen molar-refractivity contribution in [1.82, 2.24) is 5.32 Å². The van der Waals surface area contributed by atoms with Gasteiger partial charge in [0.25, 0.3) is 0 Å². The van der Waals surface area contributed by atoms with E-state index in [1.807, 2.05) is 6.92 Å². The lowest BCUT2D eigenvalue weighted by Gasteiger charge is -2.31. The molecule has 0 aliphatic heterocycles. The van der Waals surface area contributed by atoms with Gasteiger partial charge >= 0.3 is 0 Å². The number of aliphatic hydroxyl groups excluding tert-OH is 1. The van der Waals surface area contributed by atoms with E-state index in [0.717, 1.165) is 18.9 Å². The van der Waals surface area contributed by atoms with Crippen molar-refractivity contribution in [1.29, 1.82) is 0 Å². The molecule has 0 saturated heterocycles. The fourth-order valence-electron chi connectivity index (χ4n) is 2.14. The third-order valence-electron chi connectivity index (χ3n) is 4.08. The van der Waals surface area contributed by atoms with E-state index in [1.54, 1.807) is 6.07 Å². The molecule has 0 spiro atoms. The Kier molecular flexibility index (Phi) is 5.76. The van der Waals surface area contributed by atoms with Crippen LogP contribution in [0.2, 0.25) is 0 Å². The van der Waals surface area contributed by atoms with Crippen LogP contribution in [-0.4, -0.2) is 23.4 Å². The summed E-state index contributed by atoms with van der Waals surface area (Å²) in [6.07, 6.45) is 1.77. The van der Waals surface area contributed by atoms with Crippen molar-refractivity contribution in [3.05, 3.63) is 29.6 Å². The second-order valence-corrected chi connectivity index (χ2v) is 5.17. The second-order valence-electron chi connectivity index (χ2n) is 5.17. The maximum absolute atomic E-state index is 12.9. The van der Waals surface area contributed by atoms with Crippen molar-refractivity contribution in [2.24, 2.45) is 5.41 Å². The van der Waals surface area contributed by atoms with Gasteiger partial charge in [-0.15, -0.1) is 0 Å². The van der Waals surface area contributed by atoms with Crippen LogP contribution in [-0.2, 0) is 0 Å². The molecule has 0 fully saturated rings. The first-order chi connectivity index (χ1) is 8.98. The number of aromatic hydroxyl groups is 1. The van der Waals surface area contributed by atoms with Crippen LogP contribution < -0.4 is 5.32 Å². The number of halogens is 1. The molecule has 1 atom stereocenters. The normalized spacial score (nSPS) is 13.5. The van der Waals surface area contributed by atoms with Crippen molar-refractivity contribution < 1.29 is 14.6 Å². The zero-order chi connectivity index (χ0) is 14.5. The first-order valence-electron chi connectivity index (χ1n) is 6.80. The summed E-state index contributed by atoms with van der Waals surface area (Å²) >= 11 is 0. The van der Waals surface area contributed by atoms with Gasteiger partial charge in [0.05, 0.1) is 0 Å². The van der Waals surface area contributed by atoms with Crippen molar-refractivity contribution in [2.45, 2.75) is 39.7 Å². The van der Waals surface area contributed by atoms with E-state index in [4.69, 9.17) is 0 Å². The van der Waals surface area contributed by atoms with Gasteiger partial charge in [0.2, 0.25) is 0 Å². The molecule has 1 aromatic carbocycles. The van der Waals surface area contributed by atoms with Crippen molar-refractivity contribution in [3.8, 4) is 5.75 Å². The van der Waals surface area contributed by atoms with Gasteiger partial charge in [-0.2, -0.15) is 0 Å². The van der Waals surface area contributed by atoms with Gasteiger partial charge < -0.3 is 15.5 Å². The standard InChI is InChI=1S/C15H24FNO2/c1-4-15(5-2,10-18)9-17-11(3)13-7-6-12(16)8-14(13)19/h6-8,11,17-19H,4-5,9-10H2,1-3H3. The molecule has 4 heteroatoms. The average molecular weight is 269 g/mol. The van der Waals surface area contributed by atoms with Crippen molar-refractivity contribution in [2.75, 3.05) is 13.2 Å². The van der Waals surface area contributed by atoms with Gasteiger partial charge in [-0.05, 0) is 25.8 Å².